The minimum absolute atomic E-state index is 0.361. The Morgan fingerprint density at radius 1 is 0.875 bits per heavy atom. The Hall–Kier alpha value is -1.65. The van der Waals surface area contributed by atoms with Gasteiger partial charge in [-0.25, -0.2) is 4.68 Å². The third-order valence-corrected chi connectivity index (χ3v) is 6.24. The first-order valence-corrected chi connectivity index (χ1v) is 10.4. The lowest BCUT2D eigenvalue weighted by molar-refractivity contribution is 0.857. The van der Waals surface area contributed by atoms with E-state index in [0.29, 0.717) is 4.58 Å². The number of hydrogen-bond acceptors (Lipinski definition) is 3. The molecule has 2 nitrogen and oxygen atoms in total. The second-order valence-electron chi connectivity index (χ2n) is 5.32. The van der Waals surface area contributed by atoms with E-state index in [0.717, 1.165) is 17.2 Å². The summed E-state index contributed by atoms with van der Waals surface area (Å²) in [5.74, 6) is 2.17. The van der Waals surface area contributed by atoms with E-state index in [9.17, 15) is 0 Å². The minimum Gasteiger partial charge on any atom is -0.240 e. The lowest BCUT2D eigenvalue weighted by atomic mass is 10.1. The average molecular weight is 355 g/mol. The van der Waals surface area contributed by atoms with Crippen LogP contribution < -0.4 is 0 Å². The van der Waals surface area contributed by atoms with Gasteiger partial charge in [-0.3, -0.25) is 0 Å². The number of thioether (sulfide) groups is 2. The third kappa shape index (κ3) is 3.87. The van der Waals surface area contributed by atoms with Crippen LogP contribution in [0.4, 0.5) is 0 Å². The standard InChI is InChI=1S/C20H22N2S2/c1-3-23-20(24-4-2)19-18(16-11-7-5-8-12-16)15-22(21-19)17-13-9-6-10-14-17/h5-15,20H,3-4H2,1-2H3. The summed E-state index contributed by atoms with van der Waals surface area (Å²) in [7, 11) is 0. The zero-order chi connectivity index (χ0) is 16.8. The largest absolute Gasteiger partial charge is 0.240 e. The van der Waals surface area contributed by atoms with Crippen molar-refractivity contribution in [3.8, 4) is 16.8 Å². The van der Waals surface area contributed by atoms with Crippen LogP contribution in [-0.4, -0.2) is 21.3 Å². The monoisotopic (exact) mass is 354 g/mol. The van der Waals surface area contributed by atoms with Crippen LogP contribution >= 0.6 is 23.5 Å². The van der Waals surface area contributed by atoms with Crippen molar-refractivity contribution < 1.29 is 0 Å². The van der Waals surface area contributed by atoms with Gasteiger partial charge in [-0.2, -0.15) is 5.10 Å². The molecule has 0 spiro atoms. The number of rotatable bonds is 7. The predicted molar refractivity (Wildman–Crippen MR) is 108 cm³/mol. The molecular weight excluding hydrogens is 332 g/mol. The highest BCUT2D eigenvalue weighted by molar-refractivity contribution is 8.16. The van der Waals surface area contributed by atoms with Gasteiger partial charge in [0.05, 0.1) is 16.0 Å². The summed E-state index contributed by atoms with van der Waals surface area (Å²) in [6.45, 7) is 4.43. The summed E-state index contributed by atoms with van der Waals surface area (Å²) in [4.78, 5) is 0. The van der Waals surface area contributed by atoms with E-state index >= 15 is 0 Å². The summed E-state index contributed by atoms with van der Waals surface area (Å²) < 4.78 is 2.37. The summed E-state index contributed by atoms with van der Waals surface area (Å²) in [5, 5.41) is 4.97. The fraction of sp³-hybridized carbons (Fsp3) is 0.250. The zero-order valence-electron chi connectivity index (χ0n) is 14.1. The van der Waals surface area contributed by atoms with Crippen LogP contribution in [0.25, 0.3) is 16.8 Å². The topological polar surface area (TPSA) is 17.8 Å². The van der Waals surface area contributed by atoms with E-state index in [1.54, 1.807) is 0 Å². The predicted octanol–water partition coefficient (Wildman–Crippen LogP) is 6.04. The molecule has 0 unspecified atom stereocenters. The molecule has 0 radical (unpaired) electrons. The molecule has 4 heteroatoms. The number of nitrogens with zero attached hydrogens (tertiary/aromatic N) is 2. The highest BCUT2D eigenvalue weighted by atomic mass is 32.2. The Balaban J connectivity index is 2.09. The van der Waals surface area contributed by atoms with Crippen molar-refractivity contribution in [3.63, 3.8) is 0 Å². The molecule has 24 heavy (non-hydrogen) atoms. The molecule has 0 atom stereocenters. The van der Waals surface area contributed by atoms with Gasteiger partial charge in [-0.05, 0) is 29.2 Å². The normalized spacial score (nSPS) is 11.1. The van der Waals surface area contributed by atoms with Crippen molar-refractivity contribution >= 4 is 23.5 Å². The molecule has 2 aromatic carbocycles. The Labute approximate surface area is 152 Å². The van der Waals surface area contributed by atoms with Crippen molar-refractivity contribution in [2.24, 2.45) is 0 Å². The molecule has 3 aromatic rings. The molecule has 1 heterocycles. The van der Waals surface area contributed by atoms with Gasteiger partial charge in [-0.15, -0.1) is 23.5 Å². The van der Waals surface area contributed by atoms with Crippen LogP contribution in [0.5, 0.6) is 0 Å². The average Bonchev–Trinajstić information content (AvgIpc) is 3.08. The molecule has 3 rings (SSSR count). The van der Waals surface area contributed by atoms with E-state index in [1.807, 2.05) is 34.3 Å². The molecule has 0 amide bonds. The van der Waals surface area contributed by atoms with Crippen molar-refractivity contribution in [1.82, 2.24) is 9.78 Å². The highest BCUT2D eigenvalue weighted by Crippen LogP contribution is 2.42. The second kappa shape index (κ2) is 8.45. The Morgan fingerprint density at radius 3 is 2.04 bits per heavy atom. The number of hydrogen-bond donors (Lipinski definition) is 0. The van der Waals surface area contributed by atoms with Gasteiger partial charge in [0.25, 0.3) is 0 Å². The lowest BCUT2D eigenvalue weighted by Gasteiger charge is -2.14. The van der Waals surface area contributed by atoms with Crippen molar-refractivity contribution in [1.29, 1.82) is 0 Å². The van der Waals surface area contributed by atoms with Crippen molar-refractivity contribution in [2.75, 3.05) is 11.5 Å². The fourth-order valence-electron chi connectivity index (χ4n) is 2.62. The molecular formula is C20H22N2S2. The molecule has 1 aromatic heterocycles. The summed E-state index contributed by atoms with van der Waals surface area (Å²) in [6.07, 6.45) is 2.17. The first-order valence-electron chi connectivity index (χ1n) is 8.27. The van der Waals surface area contributed by atoms with E-state index in [-0.39, 0.29) is 0 Å². The van der Waals surface area contributed by atoms with Crippen LogP contribution in [0.1, 0.15) is 24.1 Å². The number of benzene rings is 2. The molecule has 0 aliphatic heterocycles. The van der Waals surface area contributed by atoms with E-state index in [2.05, 4.69) is 74.6 Å². The van der Waals surface area contributed by atoms with Crippen LogP contribution in [0.3, 0.4) is 0 Å². The zero-order valence-corrected chi connectivity index (χ0v) is 15.7. The Kier molecular flexibility index (Phi) is 6.05. The van der Waals surface area contributed by atoms with Crippen LogP contribution in [0.2, 0.25) is 0 Å². The molecule has 124 valence electrons. The molecule has 0 saturated carbocycles. The fourth-order valence-corrected chi connectivity index (χ4v) is 5.09. The quantitative estimate of drug-likeness (QED) is 0.481. The van der Waals surface area contributed by atoms with Gasteiger partial charge in [-0.1, -0.05) is 62.4 Å². The molecule has 0 N–H and O–H groups in total. The van der Waals surface area contributed by atoms with Gasteiger partial charge in [0.1, 0.15) is 0 Å². The Bertz CT molecular complexity index is 748. The number of aromatic nitrogens is 2. The van der Waals surface area contributed by atoms with Crippen molar-refractivity contribution in [3.05, 3.63) is 72.6 Å². The van der Waals surface area contributed by atoms with E-state index < -0.39 is 0 Å². The molecule has 0 saturated heterocycles. The van der Waals surface area contributed by atoms with Crippen LogP contribution in [-0.2, 0) is 0 Å². The molecule has 0 bridgehead atoms. The van der Waals surface area contributed by atoms with Gasteiger partial charge in [0, 0.05) is 11.8 Å². The van der Waals surface area contributed by atoms with Crippen LogP contribution in [0.15, 0.2) is 66.9 Å². The van der Waals surface area contributed by atoms with Gasteiger partial charge in [0.2, 0.25) is 0 Å². The lowest BCUT2D eigenvalue weighted by Crippen LogP contribution is -1.98. The SMILES string of the molecule is CCSC(SCC)c1nn(-c2ccccc2)cc1-c1ccccc1. The molecule has 0 fully saturated rings. The smallest absolute Gasteiger partial charge is 0.0946 e. The second-order valence-corrected chi connectivity index (χ2v) is 8.38. The van der Waals surface area contributed by atoms with E-state index in [1.165, 1.54) is 16.8 Å². The van der Waals surface area contributed by atoms with E-state index in [4.69, 9.17) is 5.10 Å². The van der Waals surface area contributed by atoms with Gasteiger partial charge >= 0.3 is 0 Å². The van der Waals surface area contributed by atoms with Crippen LogP contribution in [0, 0.1) is 0 Å². The highest BCUT2D eigenvalue weighted by Gasteiger charge is 2.21. The molecule has 0 aliphatic rings. The summed E-state index contributed by atoms with van der Waals surface area (Å²) in [5.41, 5.74) is 4.73. The molecule has 0 aliphatic carbocycles. The summed E-state index contributed by atoms with van der Waals surface area (Å²) in [6, 6.07) is 20.9. The maximum absolute atomic E-state index is 4.97. The summed E-state index contributed by atoms with van der Waals surface area (Å²) >= 11 is 3.92. The van der Waals surface area contributed by atoms with Gasteiger partial charge in [0.15, 0.2) is 0 Å². The number of para-hydroxylation sites is 1. The first-order chi connectivity index (χ1) is 11.8. The maximum Gasteiger partial charge on any atom is 0.0946 e. The first kappa shape index (κ1) is 17.2. The Morgan fingerprint density at radius 2 is 1.46 bits per heavy atom. The van der Waals surface area contributed by atoms with Gasteiger partial charge < -0.3 is 0 Å². The third-order valence-electron chi connectivity index (χ3n) is 3.71. The maximum atomic E-state index is 4.97. The van der Waals surface area contributed by atoms with Crippen molar-refractivity contribution in [2.45, 2.75) is 18.4 Å². The minimum atomic E-state index is 0.361.